The van der Waals surface area contributed by atoms with Crippen LogP contribution < -0.4 is 4.74 Å². The van der Waals surface area contributed by atoms with Crippen LogP contribution in [-0.2, 0) is 6.61 Å². The van der Waals surface area contributed by atoms with Crippen LogP contribution in [0.3, 0.4) is 0 Å². The maximum Gasteiger partial charge on any atom is 0.347 e. The molecule has 0 spiro atoms. The normalized spacial score (nSPS) is 10.2. The summed E-state index contributed by atoms with van der Waals surface area (Å²) in [5.74, 6) is -1.01. The summed E-state index contributed by atoms with van der Waals surface area (Å²) in [6.07, 6.45) is 1.28. The highest BCUT2D eigenvalue weighted by molar-refractivity contribution is 7.13. The third-order valence-corrected chi connectivity index (χ3v) is 2.88. The van der Waals surface area contributed by atoms with Crippen LogP contribution in [0.1, 0.15) is 14.7 Å². The van der Waals surface area contributed by atoms with Gasteiger partial charge in [-0.05, 0) is 12.1 Å². The lowest BCUT2D eigenvalue weighted by atomic mass is 10.3. The molecule has 2 aromatic rings. The van der Waals surface area contributed by atoms with Crippen molar-refractivity contribution in [3.05, 3.63) is 46.2 Å². The average Bonchev–Trinajstić information content (AvgIpc) is 2.75. The summed E-state index contributed by atoms with van der Waals surface area (Å²) < 4.78 is 18.1. The molecule has 0 unspecified atom stereocenters. The number of halogens is 1. The van der Waals surface area contributed by atoms with E-state index < -0.39 is 5.97 Å². The molecule has 0 aliphatic rings. The predicted molar refractivity (Wildman–Crippen MR) is 59.8 cm³/mol. The van der Waals surface area contributed by atoms with Crippen molar-refractivity contribution in [2.75, 3.05) is 0 Å². The van der Waals surface area contributed by atoms with E-state index in [0.29, 0.717) is 10.8 Å². The van der Waals surface area contributed by atoms with Crippen molar-refractivity contribution in [2.45, 2.75) is 6.61 Å². The Kier molecular flexibility index (Phi) is 3.34. The van der Waals surface area contributed by atoms with E-state index in [0.717, 1.165) is 11.3 Å². The Morgan fingerprint density at radius 1 is 1.53 bits per heavy atom. The lowest BCUT2D eigenvalue weighted by molar-refractivity contribution is 0.0702. The Morgan fingerprint density at radius 2 is 2.35 bits per heavy atom. The number of aromatic nitrogens is 1. The van der Waals surface area contributed by atoms with Crippen molar-refractivity contribution >= 4 is 17.3 Å². The molecule has 2 rings (SSSR count). The van der Waals surface area contributed by atoms with Gasteiger partial charge in [-0.2, -0.15) is 0 Å². The molecule has 1 heterocycles. The molecule has 0 atom stereocenters. The molecule has 0 aliphatic carbocycles. The maximum absolute atomic E-state index is 12.8. The first-order chi connectivity index (χ1) is 8.15. The first-order valence-electron chi connectivity index (χ1n) is 4.71. The second-order valence-electron chi connectivity index (χ2n) is 3.17. The fourth-order valence-corrected chi connectivity index (χ4v) is 1.85. The standard InChI is InChI=1S/C11H8FNO3S/c12-7-2-1-3-8(4-7)16-6-10-13-5-9(17-10)11(14)15/h1-5H,6H2,(H,14,15). The fraction of sp³-hybridized carbons (Fsp3) is 0.0909. The third-order valence-electron chi connectivity index (χ3n) is 1.92. The van der Waals surface area contributed by atoms with Crippen LogP contribution in [0.5, 0.6) is 5.75 Å². The van der Waals surface area contributed by atoms with Gasteiger partial charge in [0.05, 0.1) is 6.20 Å². The van der Waals surface area contributed by atoms with Gasteiger partial charge in [-0.3, -0.25) is 0 Å². The first kappa shape index (κ1) is 11.5. The van der Waals surface area contributed by atoms with Gasteiger partial charge in [0.15, 0.2) is 0 Å². The molecule has 0 amide bonds. The number of nitrogens with zero attached hydrogens (tertiary/aromatic N) is 1. The Morgan fingerprint density at radius 3 is 3.00 bits per heavy atom. The van der Waals surface area contributed by atoms with Gasteiger partial charge in [-0.25, -0.2) is 14.2 Å². The van der Waals surface area contributed by atoms with Crippen molar-refractivity contribution in [1.82, 2.24) is 4.98 Å². The van der Waals surface area contributed by atoms with E-state index in [-0.39, 0.29) is 17.3 Å². The van der Waals surface area contributed by atoms with Gasteiger partial charge >= 0.3 is 5.97 Å². The van der Waals surface area contributed by atoms with Crippen LogP contribution in [0, 0.1) is 5.82 Å². The van der Waals surface area contributed by atoms with Crippen LogP contribution >= 0.6 is 11.3 Å². The number of thiazole rings is 1. The Bertz CT molecular complexity index is 541. The van der Waals surface area contributed by atoms with Gasteiger partial charge in [-0.1, -0.05) is 6.07 Å². The number of aromatic carboxylic acids is 1. The Balaban J connectivity index is 2.00. The lowest BCUT2D eigenvalue weighted by Crippen LogP contribution is -1.94. The van der Waals surface area contributed by atoms with Crippen LogP contribution in [0.15, 0.2) is 30.5 Å². The highest BCUT2D eigenvalue weighted by atomic mass is 32.1. The maximum atomic E-state index is 12.8. The number of carboxylic acid groups (broad SMARTS) is 1. The molecule has 17 heavy (non-hydrogen) atoms. The van der Waals surface area contributed by atoms with Crippen LogP contribution in [0.25, 0.3) is 0 Å². The summed E-state index contributed by atoms with van der Waals surface area (Å²) in [5.41, 5.74) is 0. The number of carboxylic acids is 1. The molecule has 0 saturated carbocycles. The van der Waals surface area contributed by atoms with Crippen LogP contribution in [-0.4, -0.2) is 16.1 Å². The number of hydrogen-bond donors (Lipinski definition) is 1. The minimum absolute atomic E-state index is 0.126. The van der Waals surface area contributed by atoms with Crippen molar-refractivity contribution in [2.24, 2.45) is 0 Å². The van der Waals surface area contributed by atoms with Crippen LogP contribution in [0.2, 0.25) is 0 Å². The fourth-order valence-electron chi connectivity index (χ4n) is 1.18. The van der Waals surface area contributed by atoms with Crippen molar-refractivity contribution < 1.29 is 19.0 Å². The third kappa shape index (κ3) is 3.01. The van der Waals surface area contributed by atoms with Crippen LogP contribution in [0.4, 0.5) is 4.39 Å². The predicted octanol–water partition coefficient (Wildman–Crippen LogP) is 2.56. The van der Waals surface area contributed by atoms with Crippen molar-refractivity contribution in [3.63, 3.8) is 0 Å². The number of rotatable bonds is 4. The summed E-state index contributed by atoms with van der Waals surface area (Å²) in [5, 5.41) is 9.23. The molecule has 88 valence electrons. The van der Waals surface area contributed by atoms with Crippen molar-refractivity contribution in [3.8, 4) is 5.75 Å². The van der Waals surface area contributed by atoms with Gasteiger partial charge in [0.2, 0.25) is 0 Å². The summed E-state index contributed by atoms with van der Waals surface area (Å²) in [7, 11) is 0. The smallest absolute Gasteiger partial charge is 0.347 e. The van der Waals surface area contributed by atoms with Gasteiger partial charge in [-0.15, -0.1) is 11.3 Å². The molecular formula is C11H8FNO3S. The number of ether oxygens (including phenoxy) is 1. The average molecular weight is 253 g/mol. The zero-order valence-electron chi connectivity index (χ0n) is 8.59. The largest absolute Gasteiger partial charge is 0.486 e. The second kappa shape index (κ2) is 4.92. The van der Waals surface area contributed by atoms with Gasteiger partial charge in [0.25, 0.3) is 0 Å². The van der Waals surface area contributed by atoms with Gasteiger partial charge in [0.1, 0.15) is 28.1 Å². The summed E-state index contributed by atoms with van der Waals surface area (Å²) in [6.45, 7) is 0.126. The highest BCUT2D eigenvalue weighted by Gasteiger charge is 2.08. The first-order valence-corrected chi connectivity index (χ1v) is 5.53. The number of carbonyl (C=O) groups is 1. The minimum Gasteiger partial charge on any atom is -0.486 e. The molecule has 6 heteroatoms. The lowest BCUT2D eigenvalue weighted by Gasteiger charge is -2.02. The summed E-state index contributed by atoms with van der Waals surface area (Å²) >= 11 is 1.04. The molecule has 0 bridgehead atoms. The van der Waals surface area contributed by atoms with Crippen molar-refractivity contribution in [1.29, 1.82) is 0 Å². The highest BCUT2D eigenvalue weighted by Crippen LogP contribution is 2.17. The number of hydrogen-bond acceptors (Lipinski definition) is 4. The topological polar surface area (TPSA) is 59.4 Å². The molecule has 1 N–H and O–H groups in total. The molecule has 0 saturated heterocycles. The second-order valence-corrected chi connectivity index (χ2v) is 4.28. The Hall–Kier alpha value is -1.95. The molecular weight excluding hydrogens is 245 g/mol. The monoisotopic (exact) mass is 253 g/mol. The van der Waals surface area contributed by atoms with E-state index in [4.69, 9.17) is 9.84 Å². The van der Waals surface area contributed by atoms with E-state index in [2.05, 4.69) is 4.98 Å². The zero-order valence-corrected chi connectivity index (χ0v) is 9.41. The van der Waals surface area contributed by atoms with Gasteiger partial charge < -0.3 is 9.84 Å². The van der Waals surface area contributed by atoms with E-state index >= 15 is 0 Å². The van der Waals surface area contributed by atoms with Gasteiger partial charge in [0, 0.05) is 6.07 Å². The molecule has 0 fully saturated rings. The quantitative estimate of drug-likeness (QED) is 0.909. The zero-order chi connectivity index (χ0) is 12.3. The van der Waals surface area contributed by atoms with E-state index in [9.17, 15) is 9.18 Å². The SMILES string of the molecule is O=C(O)c1cnc(COc2cccc(F)c2)s1. The Labute approximate surface area is 100 Å². The van der Waals surface area contributed by atoms with E-state index in [1.165, 1.54) is 24.4 Å². The molecule has 1 aromatic heterocycles. The summed E-state index contributed by atoms with van der Waals surface area (Å²) in [6, 6.07) is 5.73. The van der Waals surface area contributed by atoms with E-state index in [1.54, 1.807) is 6.07 Å². The number of benzene rings is 1. The minimum atomic E-state index is -1.01. The summed E-state index contributed by atoms with van der Waals surface area (Å²) in [4.78, 5) is 14.7. The molecule has 0 aliphatic heterocycles. The molecule has 1 aromatic carbocycles. The molecule has 4 nitrogen and oxygen atoms in total. The molecule has 0 radical (unpaired) electrons. The van der Waals surface area contributed by atoms with E-state index in [1.807, 2.05) is 0 Å².